The maximum Gasteiger partial charge on any atom is 0.303 e. The lowest BCUT2D eigenvalue weighted by molar-refractivity contribution is -0.137. The summed E-state index contributed by atoms with van der Waals surface area (Å²) in [5.41, 5.74) is 0. The van der Waals surface area contributed by atoms with Crippen LogP contribution < -0.4 is 5.32 Å². The van der Waals surface area contributed by atoms with Crippen molar-refractivity contribution in [1.82, 2.24) is 10.2 Å². The molecule has 5 heteroatoms. The van der Waals surface area contributed by atoms with Gasteiger partial charge in [-0.1, -0.05) is 6.92 Å². The Kier molecular flexibility index (Phi) is 6.72. The molecule has 1 rings (SSSR count). The first kappa shape index (κ1) is 15.0. The molecule has 0 aromatic carbocycles. The van der Waals surface area contributed by atoms with E-state index < -0.39 is 5.97 Å². The molecule has 1 amide bonds. The molecule has 1 unspecified atom stereocenters. The number of unbranched alkanes of at least 4 members (excludes halogenated alkanes) is 1. The van der Waals surface area contributed by atoms with Gasteiger partial charge < -0.3 is 10.4 Å². The lowest BCUT2D eigenvalue weighted by atomic mass is 10.2. The van der Waals surface area contributed by atoms with Crippen LogP contribution in [0.3, 0.4) is 0 Å². The van der Waals surface area contributed by atoms with Gasteiger partial charge in [-0.25, -0.2) is 0 Å². The van der Waals surface area contributed by atoms with Gasteiger partial charge in [-0.2, -0.15) is 0 Å². The summed E-state index contributed by atoms with van der Waals surface area (Å²) < 4.78 is 0. The number of carbonyl (C=O) groups excluding carboxylic acids is 1. The van der Waals surface area contributed by atoms with Gasteiger partial charge in [0.15, 0.2) is 0 Å². The molecule has 0 saturated carbocycles. The summed E-state index contributed by atoms with van der Waals surface area (Å²) in [5, 5.41) is 11.4. The molecule has 0 aliphatic carbocycles. The lowest BCUT2D eigenvalue weighted by Crippen LogP contribution is -2.39. The topological polar surface area (TPSA) is 69.6 Å². The SMILES string of the molecule is CCN1CCCC1CNC(=O)CCCCC(=O)O. The van der Waals surface area contributed by atoms with Gasteiger partial charge in [0.05, 0.1) is 0 Å². The first-order chi connectivity index (χ1) is 8.63. The molecular formula is C13H24N2O3. The Hall–Kier alpha value is -1.10. The first-order valence-electron chi connectivity index (χ1n) is 6.86. The molecule has 1 heterocycles. The van der Waals surface area contributed by atoms with Crippen molar-refractivity contribution >= 4 is 11.9 Å². The van der Waals surface area contributed by atoms with Gasteiger partial charge in [-0.15, -0.1) is 0 Å². The third-order valence-corrected chi connectivity index (χ3v) is 3.48. The Bertz CT molecular complexity index is 281. The smallest absolute Gasteiger partial charge is 0.303 e. The minimum Gasteiger partial charge on any atom is -0.481 e. The number of nitrogens with one attached hydrogen (secondary N) is 1. The second kappa shape index (κ2) is 8.08. The van der Waals surface area contributed by atoms with Crippen LogP contribution in [0.4, 0.5) is 0 Å². The number of likely N-dealkylation sites (N-methyl/N-ethyl adjacent to an activating group) is 1. The van der Waals surface area contributed by atoms with Crippen LogP contribution in [0.2, 0.25) is 0 Å². The van der Waals surface area contributed by atoms with Crippen molar-refractivity contribution in [3.63, 3.8) is 0 Å². The van der Waals surface area contributed by atoms with Crippen molar-refractivity contribution in [3.05, 3.63) is 0 Å². The third kappa shape index (κ3) is 5.49. The number of amides is 1. The van der Waals surface area contributed by atoms with Gasteiger partial charge in [0, 0.05) is 25.4 Å². The van der Waals surface area contributed by atoms with E-state index in [1.807, 2.05) is 0 Å². The largest absolute Gasteiger partial charge is 0.481 e. The highest BCUT2D eigenvalue weighted by molar-refractivity contribution is 5.75. The van der Waals surface area contributed by atoms with E-state index in [0.717, 1.165) is 26.1 Å². The molecule has 1 fully saturated rings. The zero-order valence-corrected chi connectivity index (χ0v) is 11.2. The number of carbonyl (C=O) groups is 2. The summed E-state index contributed by atoms with van der Waals surface area (Å²) >= 11 is 0. The number of carboxylic acids is 1. The van der Waals surface area contributed by atoms with Crippen LogP contribution in [0.5, 0.6) is 0 Å². The molecule has 1 aliphatic heterocycles. The Morgan fingerprint density at radius 3 is 2.72 bits per heavy atom. The summed E-state index contributed by atoms with van der Waals surface area (Å²) in [6.45, 7) is 5.05. The molecule has 0 spiro atoms. The van der Waals surface area contributed by atoms with Gasteiger partial charge in [-0.05, 0) is 38.8 Å². The molecule has 104 valence electrons. The Morgan fingerprint density at radius 1 is 1.33 bits per heavy atom. The molecule has 0 radical (unpaired) electrons. The summed E-state index contributed by atoms with van der Waals surface area (Å²) in [5.74, 6) is -0.747. The number of likely N-dealkylation sites (tertiary alicyclic amines) is 1. The van der Waals surface area contributed by atoms with Crippen molar-refractivity contribution in [2.45, 2.75) is 51.5 Å². The molecule has 1 aliphatic rings. The fraction of sp³-hybridized carbons (Fsp3) is 0.846. The molecule has 1 atom stereocenters. The molecule has 0 aromatic rings. The van der Waals surface area contributed by atoms with E-state index in [-0.39, 0.29) is 12.3 Å². The lowest BCUT2D eigenvalue weighted by Gasteiger charge is -2.22. The Labute approximate surface area is 109 Å². The predicted molar refractivity (Wildman–Crippen MR) is 69.4 cm³/mol. The van der Waals surface area contributed by atoms with E-state index in [4.69, 9.17) is 5.11 Å². The molecule has 2 N–H and O–H groups in total. The maximum absolute atomic E-state index is 11.6. The van der Waals surface area contributed by atoms with E-state index in [1.54, 1.807) is 0 Å². The molecule has 5 nitrogen and oxygen atoms in total. The Morgan fingerprint density at radius 2 is 2.06 bits per heavy atom. The van der Waals surface area contributed by atoms with Gasteiger partial charge in [0.2, 0.25) is 5.91 Å². The van der Waals surface area contributed by atoms with Crippen molar-refractivity contribution in [1.29, 1.82) is 0 Å². The number of nitrogens with zero attached hydrogens (tertiary/aromatic N) is 1. The summed E-state index contributed by atoms with van der Waals surface area (Å²) in [7, 11) is 0. The van der Waals surface area contributed by atoms with Gasteiger partial charge in [-0.3, -0.25) is 14.5 Å². The summed E-state index contributed by atoms with van der Waals surface area (Å²) in [6.07, 6.45) is 4.19. The normalized spacial score (nSPS) is 19.9. The van der Waals surface area contributed by atoms with Crippen LogP contribution in [-0.4, -0.2) is 47.6 Å². The monoisotopic (exact) mass is 256 g/mol. The average Bonchev–Trinajstić information content (AvgIpc) is 2.79. The molecule has 1 saturated heterocycles. The van der Waals surface area contributed by atoms with Crippen LogP contribution in [0.15, 0.2) is 0 Å². The minimum atomic E-state index is -0.792. The number of aliphatic carboxylic acids is 1. The predicted octanol–water partition coefficient (Wildman–Crippen LogP) is 1.23. The number of hydrogen-bond acceptors (Lipinski definition) is 3. The van der Waals surface area contributed by atoms with E-state index in [1.165, 1.54) is 6.42 Å². The van der Waals surface area contributed by atoms with Crippen molar-refractivity contribution in [2.75, 3.05) is 19.6 Å². The third-order valence-electron chi connectivity index (χ3n) is 3.48. The van der Waals surface area contributed by atoms with E-state index in [2.05, 4.69) is 17.1 Å². The van der Waals surface area contributed by atoms with Crippen LogP contribution in [-0.2, 0) is 9.59 Å². The minimum absolute atomic E-state index is 0.0448. The highest BCUT2D eigenvalue weighted by Gasteiger charge is 2.22. The highest BCUT2D eigenvalue weighted by Crippen LogP contribution is 2.15. The number of hydrogen-bond donors (Lipinski definition) is 2. The van der Waals surface area contributed by atoms with Crippen LogP contribution in [0.1, 0.15) is 45.4 Å². The van der Waals surface area contributed by atoms with Gasteiger partial charge >= 0.3 is 5.97 Å². The van der Waals surface area contributed by atoms with E-state index in [0.29, 0.717) is 25.3 Å². The zero-order valence-electron chi connectivity index (χ0n) is 11.2. The van der Waals surface area contributed by atoms with E-state index in [9.17, 15) is 9.59 Å². The molecule has 0 bridgehead atoms. The van der Waals surface area contributed by atoms with Crippen molar-refractivity contribution in [3.8, 4) is 0 Å². The number of carboxylic acid groups (broad SMARTS) is 1. The molecular weight excluding hydrogens is 232 g/mol. The zero-order chi connectivity index (χ0) is 13.4. The van der Waals surface area contributed by atoms with Crippen LogP contribution in [0, 0.1) is 0 Å². The van der Waals surface area contributed by atoms with Crippen LogP contribution in [0.25, 0.3) is 0 Å². The Balaban J connectivity index is 2.07. The fourth-order valence-electron chi connectivity index (χ4n) is 2.42. The summed E-state index contributed by atoms with van der Waals surface area (Å²) in [4.78, 5) is 24.3. The maximum atomic E-state index is 11.6. The molecule has 0 aromatic heterocycles. The fourth-order valence-corrected chi connectivity index (χ4v) is 2.42. The quantitative estimate of drug-likeness (QED) is 0.641. The first-order valence-corrected chi connectivity index (χ1v) is 6.86. The second-order valence-electron chi connectivity index (χ2n) is 4.83. The van der Waals surface area contributed by atoms with Crippen LogP contribution >= 0.6 is 0 Å². The van der Waals surface area contributed by atoms with Gasteiger partial charge in [0.1, 0.15) is 0 Å². The highest BCUT2D eigenvalue weighted by atomic mass is 16.4. The second-order valence-corrected chi connectivity index (χ2v) is 4.83. The average molecular weight is 256 g/mol. The van der Waals surface area contributed by atoms with Crippen molar-refractivity contribution < 1.29 is 14.7 Å². The van der Waals surface area contributed by atoms with Crippen molar-refractivity contribution in [2.24, 2.45) is 0 Å². The standard InChI is InChI=1S/C13H24N2O3/c1-2-15-9-5-6-11(15)10-14-12(16)7-3-4-8-13(17)18/h11H,2-10H2,1H3,(H,14,16)(H,17,18). The molecule has 18 heavy (non-hydrogen) atoms. The summed E-state index contributed by atoms with van der Waals surface area (Å²) in [6, 6.07) is 0.484. The van der Waals surface area contributed by atoms with Gasteiger partial charge in [0.25, 0.3) is 0 Å². The van der Waals surface area contributed by atoms with E-state index >= 15 is 0 Å². The number of rotatable bonds is 8.